The van der Waals surface area contributed by atoms with Crippen molar-refractivity contribution < 1.29 is 22.7 Å². The highest BCUT2D eigenvalue weighted by molar-refractivity contribution is 6.64. The zero-order chi connectivity index (χ0) is 10.8. The zero-order valence-corrected chi connectivity index (χ0v) is 7.60. The molecule has 0 fully saturated rings. The Morgan fingerprint density at radius 1 is 1.57 bits per heavy atom. The molecule has 0 saturated carbocycles. The standard InChI is InChI=1S/C8H6ClF3O2/c9-7(13)5-1-3-6(4-2-5)14-8(10,11)12/h1,3-5H,2H2. The highest BCUT2D eigenvalue weighted by Gasteiger charge is 2.32. The lowest BCUT2D eigenvalue weighted by atomic mass is 10.0. The van der Waals surface area contributed by atoms with Gasteiger partial charge in [-0.3, -0.25) is 4.79 Å². The molecule has 2 nitrogen and oxygen atoms in total. The molecule has 0 aromatic carbocycles. The van der Waals surface area contributed by atoms with Crippen LogP contribution in [0.5, 0.6) is 0 Å². The van der Waals surface area contributed by atoms with Crippen molar-refractivity contribution in [3.63, 3.8) is 0 Å². The van der Waals surface area contributed by atoms with Gasteiger partial charge >= 0.3 is 6.36 Å². The average molecular weight is 227 g/mol. The molecule has 0 N–H and O–H groups in total. The minimum absolute atomic E-state index is 0.129. The van der Waals surface area contributed by atoms with Gasteiger partial charge in [0.2, 0.25) is 5.24 Å². The fourth-order valence-corrected chi connectivity index (χ4v) is 1.14. The number of carbonyl (C=O) groups is 1. The van der Waals surface area contributed by atoms with Crippen LogP contribution in [0.25, 0.3) is 0 Å². The number of carbonyl (C=O) groups excluding carboxylic acids is 1. The highest BCUT2D eigenvalue weighted by atomic mass is 35.5. The normalized spacial score (nSPS) is 21.7. The second kappa shape index (κ2) is 4.04. The summed E-state index contributed by atoms with van der Waals surface area (Å²) in [6.07, 6.45) is -1.02. The first kappa shape index (κ1) is 11.1. The third-order valence-electron chi connectivity index (χ3n) is 1.59. The Morgan fingerprint density at radius 3 is 2.57 bits per heavy atom. The summed E-state index contributed by atoms with van der Waals surface area (Å²) in [5.41, 5.74) is 0. The van der Waals surface area contributed by atoms with E-state index in [4.69, 9.17) is 11.6 Å². The Labute approximate surface area is 83.0 Å². The maximum absolute atomic E-state index is 11.7. The van der Waals surface area contributed by atoms with Crippen LogP contribution in [0.3, 0.4) is 0 Å². The molecule has 0 amide bonds. The zero-order valence-electron chi connectivity index (χ0n) is 6.84. The van der Waals surface area contributed by atoms with Crippen molar-refractivity contribution in [3.8, 4) is 0 Å². The Kier molecular flexibility index (Phi) is 3.21. The SMILES string of the molecule is O=C(Cl)C1C=CC(OC(F)(F)F)=CC1. The van der Waals surface area contributed by atoms with Gasteiger partial charge in [-0.15, -0.1) is 13.2 Å². The van der Waals surface area contributed by atoms with E-state index in [0.29, 0.717) is 0 Å². The summed E-state index contributed by atoms with van der Waals surface area (Å²) in [4.78, 5) is 10.6. The van der Waals surface area contributed by atoms with Crippen LogP contribution in [0.4, 0.5) is 13.2 Å². The van der Waals surface area contributed by atoms with Gasteiger partial charge in [-0.05, 0) is 30.2 Å². The summed E-state index contributed by atoms with van der Waals surface area (Å²) in [7, 11) is 0. The summed E-state index contributed by atoms with van der Waals surface area (Å²) in [5.74, 6) is -0.871. The molecule has 1 aliphatic rings. The number of ether oxygens (including phenoxy) is 1. The second-order valence-corrected chi connectivity index (χ2v) is 3.03. The molecular formula is C8H6ClF3O2. The predicted octanol–water partition coefficient (Wildman–Crippen LogP) is 2.75. The summed E-state index contributed by atoms with van der Waals surface area (Å²) in [5, 5.41) is -0.594. The first-order valence-corrected chi connectivity index (χ1v) is 4.10. The van der Waals surface area contributed by atoms with Crippen LogP contribution in [0, 0.1) is 5.92 Å². The van der Waals surface area contributed by atoms with Gasteiger partial charge < -0.3 is 4.74 Å². The molecule has 0 saturated heterocycles. The monoisotopic (exact) mass is 226 g/mol. The molecule has 6 heteroatoms. The van der Waals surface area contributed by atoms with Gasteiger partial charge in [0.05, 0.1) is 5.92 Å². The van der Waals surface area contributed by atoms with Crippen LogP contribution in [0.2, 0.25) is 0 Å². The topological polar surface area (TPSA) is 26.3 Å². The molecule has 0 aliphatic heterocycles. The quantitative estimate of drug-likeness (QED) is 0.677. The Balaban J connectivity index is 2.55. The summed E-state index contributed by atoms with van der Waals surface area (Å²) >= 11 is 5.15. The van der Waals surface area contributed by atoms with E-state index in [9.17, 15) is 18.0 Å². The second-order valence-electron chi connectivity index (χ2n) is 2.66. The summed E-state index contributed by atoms with van der Waals surface area (Å²) in [6.45, 7) is 0. The molecule has 0 bridgehead atoms. The van der Waals surface area contributed by atoms with E-state index < -0.39 is 17.5 Å². The lowest BCUT2D eigenvalue weighted by molar-refractivity contribution is -0.303. The van der Waals surface area contributed by atoms with Crippen molar-refractivity contribution in [2.24, 2.45) is 5.92 Å². The van der Waals surface area contributed by atoms with Crippen molar-refractivity contribution in [1.29, 1.82) is 0 Å². The molecule has 1 unspecified atom stereocenters. The first-order valence-electron chi connectivity index (χ1n) is 3.72. The molecule has 14 heavy (non-hydrogen) atoms. The molecule has 1 aliphatic carbocycles. The largest absolute Gasteiger partial charge is 0.573 e. The third kappa shape index (κ3) is 3.41. The van der Waals surface area contributed by atoms with Crippen molar-refractivity contribution >= 4 is 16.8 Å². The lowest BCUT2D eigenvalue weighted by Crippen LogP contribution is -2.15. The molecule has 78 valence electrons. The minimum Gasteiger partial charge on any atom is -0.406 e. The fourth-order valence-electron chi connectivity index (χ4n) is 0.978. The van der Waals surface area contributed by atoms with E-state index in [2.05, 4.69) is 4.74 Å². The van der Waals surface area contributed by atoms with Gasteiger partial charge in [0.25, 0.3) is 0 Å². The third-order valence-corrected chi connectivity index (χ3v) is 1.87. The molecule has 1 atom stereocenters. The Hall–Kier alpha value is -0.970. The molecule has 0 aromatic rings. The first-order chi connectivity index (χ1) is 6.38. The van der Waals surface area contributed by atoms with E-state index in [1.165, 1.54) is 12.2 Å². The van der Waals surface area contributed by atoms with Crippen LogP contribution < -0.4 is 0 Å². The fraction of sp³-hybridized carbons (Fsp3) is 0.375. The Bertz CT molecular complexity index is 293. The van der Waals surface area contributed by atoms with Crippen LogP contribution in [0.1, 0.15) is 6.42 Å². The van der Waals surface area contributed by atoms with Crippen molar-refractivity contribution in [2.75, 3.05) is 0 Å². The van der Waals surface area contributed by atoms with Gasteiger partial charge in [0, 0.05) is 0 Å². The number of hydrogen-bond donors (Lipinski definition) is 0. The maximum atomic E-state index is 11.7. The molecule has 0 aromatic heterocycles. The molecular weight excluding hydrogens is 221 g/mol. The molecule has 0 heterocycles. The van der Waals surface area contributed by atoms with E-state index >= 15 is 0 Å². The minimum atomic E-state index is -4.70. The van der Waals surface area contributed by atoms with Crippen molar-refractivity contribution in [3.05, 3.63) is 24.0 Å². The van der Waals surface area contributed by atoms with Gasteiger partial charge in [0.15, 0.2) is 0 Å². The van der Waals surface area contributed by atoms with Crippen molar-refractivity contribution in [2.45, 2.75) is 12.8 Å². The van der Waals surface area contributed by atoms with E-state index in [-0.39, 0.29) is 12.2 Å². The highest BCUT2D eigenvalue weighted by Crippen LogP contribution is 2.25. The molecule has 1 rings (SSSR count). The molecule has 0 spiro atoms. The predicted molar refractivity (Wildman–Crippen MR) is 43.3 cm³/mol. The lowest BCUT2D eigenvalue weighted by Gasteiger charge is -2.14. The summed E-state index contributed by atoms with van der Waals surface area (Å²) < 4.78 is 38.7. The number of halogens is 4. The van der Waals surface area contributed by atoms with Gasteiger partial charge in [0.1, 0.15) is 5.76 Å². The number of alkyl halides is 3. The van der Waals surface area contributed by atoms with Gasteiger partial charge in [-0.1, -0.05) is 6.08 Å². The van der Waals surface area contributed by atoms with Crippen LogP contribution in [-0.4, -0.2) is 11.6 Å². The Morgan fingerprint density at radius 2 is 2.21 bits per heavy atom. The summed E-state index contributed by atoms with van der Waals surface area (Å²) in [6, 6.07) is 0. The van der Waals surface area contributed by atoms with Crippen LogP contribution >= 0.6 is 11.6 Å². The van der Waals surface area contributed by atoms with Crippen molar-refractivity contribution in [1.82, 2.24) is 0 Å². The van der Waals surface area contributed by atoms with Gasteiger partial charge in [-0.2, -0.15) is 0 Å². The smallest absolute Gasteiger partial charge is 0.406 e. The average Bonchev–Trinajstić information content (AvgIpc) is 2.02. The maximum Gasteiger partial charge on any atom is 0.573 e. The van der Waals surface area contributed by atoms with Crippen LogP contribution in [-0.2, 0) is 9.53 Å². The molecule has 0 radical (unpaired) electrons. The van der Waals surface area contributed by atoms with E-state index in [1.807, 2.05) is 0 Å². The van der Waals surface area contributed by atoms with E-state index in [0.717, 1.165) is 6.08 Å². The number of allylic oxidation sites excluding steroid dienone is 3. The van der Waals surface area contributed by atoms with Crippen LogP contribution in [0.15, 0.2) is 24.0 Å². The number of hydrogen-bond acceptors (Lipinski definition) is 2. The number of rotatable bonds is 2. The van der Waals surface area contributed by atoms with E-state index in [1.54, 1.807) is 0 Å². The van der Waals surface area contributed by atoms with Gasteiger partial charge in [-0.25, -0.2) is 0 Å².